The fourth-order valence-electron chi connectivity index (χ4n) is 2.76. The van der Waals surface area contributed by atoms with Gasteiger partial charge >= 0.3 is 0 Å². The largest absolute Gasteiger partial charge is 0.394 e. The van der Waals surface area contributed by atoms with Gasteiger partial charge in [0.05, 0.1) is 0 Å². The number of hydrogen-bond donors (Lipinski definition) is 2. The van der Waals surface area contributed by atoms with Crippen LogP contribution >= 0.6 is 0 Å². The Morgan fingerprint density at radius 3 is 1.28 bits per heavy atom. The molecule has 0 aromatic heterocycles. The second kappa shape index (κ2) is 6.47. The normalized spacial score (nSPS) is 11.1. The highest BCUT2D eigenvalue weighted by atomic mass is 19.1. The van der Waals surface area contributed by atoms with E-state index in [0.717, 1.165) is 24.3 Å². The molecule has 3 aromatic carbocycles. The third kappa shape index (κ3) is 3.15. The molecule has 25 heavy (non-hydrogen) atoms. The van der Waals surface area contributed by atoms with Gasteiger partial charge < -0.3 is 11.5 Å². The smallest absolute Gasteiger partial charge is 0.149 e. The Labute approximate surface area is 141 Å². The van der Waals surface area contributed by atoms with Gasteiger partial charge in [0.25, 0.3) is 0 Å². The molecule has 3 rings (SSSR count). The summed E-state index contributed by atoms with van der Waals surface area (Å²) in [6.07, 6.45) is 0. The van der Waals surface area contributed by atoms with E-state index in [2.05, 4.69) is 0 Å². The Morgan fingerprint density at radius 2 is 0.920 bits per heavy atom. The van der Waals surface area contributed by atoms with Gasteiger partial charge in [0, 0.05) is 5.92 Å². The predicted molar refractivity (Wildman–Crippen MR) is 88.9 cm³/mol. The maximum Gasteiger partial charge on any atom is 0.149 e. The van der Waals surface area contributed by atoms with Crippen LogP contribution in [0.2, 0.25) is 0 Å². The average molecular weight is 346 g/mol. The predicted octanol–water partition coefficient (Wildman–Crippen LogP) is 4.59. The van der Waals surface area contributed by atoms with Crippen molar-refractivity contribution in [2.75, 3.05) is 11.5 Å². The molecule has 0 saturated heterocycles. The van der Waals surface area contributed by atoms with Crippen LogP contribution in [-0.4, -0.2) is 0 Å². The summed E-state index contributed by atoms with van der Waals surface area (Å²) in [5.74, 6) is -4.55. The third-order valence-corrected chi connectivity index (χ3v) is 4.00. The molecule has 4 N–H and O–H groups in total. The molecule has 3 aromatic rings. The number of nitrogen functional groups attached to an aromatic ring is 2. The monoisotopic (exact) mass is 346 g/mol. The summed E-state index contributed by atoms with van der Waals surface area (Å²) < 4.78 is 55.7. The lowest BCUT2D eigenvalue weighted by atomic mass is 9.84. The van der Waals surface area contributed by atoms with Gasteiger partial charge in [-0.2, -0.15) is 0 Å². The van der Waals surface area contributed by atoms with Crippen LogP contribution in [0.25, 0.3) is 0 Å². The molecule has 0 saturated carbocycles. The highest BCUT2D eigenvalue weighted by Crippen LogP contribution is 2.35. The molecule has 0 bridgehead atoms. The quantitative estimate of drug-likeness (QED) is 0.414. The molecule has 2 nitrogen and oxygen atoms in total. The summed E-state index contributed by atoms with van der Waals surface area (Å²) in [5.41, 5.74) is 10.4. The van der Waals surface area contributed by atoms with Crippen LogP contribution in [0.5, 0.6) is 0 Å². The average Bonchev–Trinajstić information content (AvgIpc) is 2.58. The standard InChI is InChI=1S/C19H14F4N2/c20-13-6-11(7-14(21)18(13)24)17(10-4-2-1-3-5-10)12-8-15(22)19(25)16(23)9-12/h1-9,17H,24-25H2. The number of halogens is 4. The molecule has 0 spiro atoms. The first-order valence-electron chi connectivity index (χ1n) is 7.42. The van der Waals surface area contributed by atoms with Crippen molar-refractivity contribution in [3.05, 3.63) is 94.6 Å². The topological polar surface area (TPSA) is 52.0 Å². The molecule has 0 amide bonds. The van der Waals surface area contributed by atoms with Crippen LogP contribution in [-0.2, 0) is 0 Å². The summed E-state index contributed by atoms with van der Waals surface area (Å²) in [6, 6.07) is 12.8. The molecular formula is C19H14F4N2. The number of rotatable bonds is 3. The minimum atomic E-state index is -0.938. The van der Waals surface area contributed by atoms with Gasteiger partial charge in [0.15, 0.2) is 0 Å². The van der Waals surface area contributed by atoms with Gasteiger partial charge in [-0.15, -0.1) is 0 Å². The van der Waals surface area contributed by atoms with E-state index in [1.165, 1.54) is 0 Å². The maximum absolute atomic E-state index is 13.9. The Kier molecular flexibility index (Phi) is 4.35. The first kappa shape index (κ1) is 16.8. The Balaban J connectivity index is 2.25. The van der Waals surface area contributed by atoms with Gasteiger partial charge in [0.1, 0.15) is 34.6 Å². The summed E-state index contributed by atoms with van der Waals surface area (Å²) in [5, 5.41) is 0. The van der Waals surface area contributed by atoms with E-state index in [1.54, 1.807) is 30.3 Å². The van der Waals surface area contributed by atoms with E-state index >= 15 is 0 Å². The lowest BCUT2D eigenvalue weighted by Crippen LogP contribution is -2.08. The fourth-order valence-corrected chi connectivity index (χ4v) is 2.76. The number of nitrogens with two attached hydrogens (primary N) is 2. The van der Waals surface area contributed by atoms with Crippen molar-refractivity contribution in [2.45, 2.75) is 5.92 Å². The van der Waals surface area contributed by atoms with Crippen LogP contribution < -0.4 is 11.5 Å². The number of hydrogen-bond acceptors (Lipinski definition) is 2. The zero-order valence-electron chi connectivity index (χ0n) is 12.9. The van der Waals surface area contributed by atoms with Gasteiger partial charge in [-0.05, 0) is 41.0 Å². The molecule has 0 heterocycles. The molecule has 0 atom stereocenters. The molecule has 0 aliphatic carbocycles. The van der Waals surface area contributed by atoms with E-state index < -0.39 is 40.6 Å². The SMILES string of the molecule is Nc1c(F)cc(C(c2ccccc2)c2cc(F)c(N)c(F)c2)cc1F. The molecule has 0 aliphatic rings. The molecule has 128 valence electrons. The zero-order chi connectivity index (χ0) is 18.1. The highest BCUT2D eigenvalue weighted by Gasteiger charge is 2.22. The number of anilines is 2. The first-order valence-corrected chi connectivity index (χ1v) is 7.42. The van der Waals surface area contributed by atoms with E-state index in [0.29, 0.717) is 5.56 Å². The van der Waals surface area contributed by atoms with Crippen LogP contribution in [0, 0.1) is 23.3 Å². The van der Waals surface area contributed by atoms with Gasteiger partial charge in [-0.3, -0.25) is 0 Å². The van der Waals surface area contributed by atoms with Gasteiger partial charge in [-0.1, -0.05) is 30.3 Å². The third-order valence-electron chi connectivity index (χ3n) is 4.00. The number of benzene rings is 3. The summed E-state index contributed by atoms with van der Waals surface area (Å²) in [7, 11) is 0. The second-order valence-corrected chi connectivity index (χ2v) is 5.64. The molecule has 0 unspecified atom stereocenters. The van der Waals surface area contributed by atoms with E-state index in [4.69, 9.17) is 11.5 Å². The lowest BCUT2D eigenvalue weighted by molar-refractivity contribution is 0.583. The maximum atomic E-state index is 13.9. The fraction of sp³-hybridized carbons (Fsp3) is 0.0526. The second-order valence-electron chi connectivity index (χ2n) is 5.64. The van der Waals surface area contributed by atoms with Crippen molar-refractivity contribution in [3.8, 4) is 0 Å². The van der Waals surface area contributed by atoms with Crippen LogP contribution in [0.3, 0.4) is 0 Å². The molecular weight excluding hydrogens is 332 g/mol. The lowest BCUT2D eigenvalue weighted by Gasteiger charge is -2.20. The summed E-state index contributed by atoms with van der Waals surface area (Å²) >= 11 is 0. The van der Waals surface area contributed by atoms with Gasteiger partial charge in [0.2, 0.25) is 0 Å². The molecule has 0 fully saturated rings. The van der Waals surface area contributed by atoms with E-state index in [1.807, 2.05) is 0 Å². The molecule has 6 heteroatoms. The van der Waals surface area contributed by atoms with Crippen molar-refractivity contribution >= 4 is 11.4 Å². The van der Waals surface area contributed by atoms with Crippen molar-refractivity contribution < 1.29 is 17.6 Å². The Morgan fingerprint density at radius 1 is 0.560 bits per heavy atom. The minimum Gasteiger partial charge on any atom is -0.394 e. The first-order chi connectivity index (χ1) is 11.9. The summed E-state index contributed by atoms with van der Waals surface area (Å²) in [4.78, 5) is 0. The van der Waals surface area contributed by atoms with E-state index in [-0.39, 0.29) is 11.1 Å². The van der Waals surface area contributed by atoms with E-state index in [9.17, 15) is 17.6 Å². The molecule has 0 aliphatic heterocycles. The van der Waals surface area contributed by atoms with Crippen LogP contribution in [0.15, 0.2) is 54.6 Å². The van der Waals surface area contributed by atoms with Crippen LogP contribution in [0.1, 0.15) is 22.6 Å². The van der Waals surface area contributed by atoms with Crippen molar-refractivity contribution in [3.63, 3.8) is 0 Å². The zero-order valence-corrected chi connectivity index (χ0v) is 12.9. The van der Waals surface area contributed by atoms with Gasteiger partial charge in [-0.25, -0.2) is 17.6 Å². The highest BCUT2D eigenvalue weighted by molar-refractivity contribution is 5.52. The summed E-state index contributed by atoms with van der Waals surface area (Å²) in [6.45, 7) is 0. The van der Waals surface area contributed by atoms with Crippen molar-refractivity contribution in [1.29, 1.82) is 0 Å². The van der Waals surface area contributed by atoms with Crippen molar-refractivity contribution in [2.24, 2.45) is 0 Å². The molecule has 0 radical (unpaired) electrons. The Bertz CT molecular complexity index is 822. The van der Waals surface area contributed by atoms with Crippen LogP contribution in [0.4, 0.5) is 28.9 Å². The minimum absolute atomic E-state index is 0.180. The van der Waals surface area contributed by atoms with Crippen molar-refractivity contribution in [1.82, 2.24) is 0 Å². The Hall–Kier alpha value is -3.02.